The summed E-state index contributed by atoms with van der Waals surface area (Å²) in [6.07, 6.45) is 3.75. The SMILES string of the molecule is CCCCCN.Cl.N#N. The van der Waals surface area contributed by atoms with E-state index in [1.54, 1.807) is 0 Å². The first-order valence-electron chi connectivity index (χ1n) is 2.82. The minimum Gasteiger partial charge on any atom is -0.330 e. The van der Waals surface area contributed by atoms with Gasteiger partial charge in [-0.05, 0) is 13.0 Å². The van der Waals surface area contributed by atoms with Crippen LogP contribution in [-0.4, -0.2) is 6.54 Å². The Kier molecular flexibility index (Phi) is 44.7. The third-order valence-electron chi connectivity index (χ3n) is 0.808. The topological polar surface area (TPSA) is 73.6 Å². The molecule has 0 aromatic heterocycles. The lowest BCUT2D eigenvalue weighted by Crippen LogP contribution is -1.96. The van der Waals surface area contributed by atoms with Crippen molar-refractivity contribution >= 4 is 12.4 Å². The predicted octanol–water partition coefficient (Wildman–Crippen LogP) is 1.59. The van der Waals surface area contributed by atoms with Crippen LogP contribution < -0.4 is 5.73 Å². The fourth-order valence-corrected chi connectivity index (χ4v) is 0.394. The van der Waals surface area contributed by atoms with E-state index in [1.165, 1.54) is 19.3 Å². The summed E-state index contributed by atoms with van der Waals surface area (Å²) in [5, 5.41) is 12.0. The molecule has 0 aromatic rings. The summed E-state index contributed by atoms with van der Waals surface area (Å²) in [5.41, 5.74) is 5.21. The third kappa shape index (κ3) is 34.6. The molecular formula is C5H14ClN3. The molecule has 9 heavy (non-hydrogen) atoms. The molecule has 0 spiro atoms. The highest BCUT2D eigenvalue weighted by molar-refractivity contribution is 5.85. The summed E-state index contributed by atoms with van der Waals surface area (Å²) in [6, 6.07) is 0. The molecule has 0 rings (SSSR count). The van der Waals surface area contributed by atoms with E-state index in [4.69, 9.17) is 16.5 Å². The number of nitrogens with two attached hydrogens (primary N) is 1. The summed E-state index contributed by atoms with van der Waals surface area (Å²) in [6.45, 7) is 3.03. The molecule has 0 saturated carbocycles. The molecule has 0 aliphatic rings. The Balaban J connectivity index is -0.000000109. The summed E-state index contributed by atoms with van der Waals surface area (Å²) in [7, 11) is 0. The summed E-state index contributed by atoms with van der Waals surface area (Å²) < 4.78 is 0. The zero-order valence-electron chi connectivity index (χ0n) is 5.71. The van der Waals surface area contributed by atoms with Gasteiger partial charge in [0.2, 0.25) is 0 Å². The Morgan fingerprint density at radius 1 is 1.22 bits per heavy atom. The van der Waals surface area contributed by atoms with Crippen LogP contribution >= 0.6 is 12.4 Å². The van der Waals surface area contributed by atoms with Gasteiger partial charge in [0.25, 0.3) is 0 Å². The molecule has 0 amide bonds. The van der Waals surface area contributed by atoms with E-state index in [-0.39, 0.29) is 12.4 Å². The van der Waals surface area contributed by atoms with Crippen LogP contribution in [0.2, 0.25) is 0 Å². The zero-order chi connectivity index (χ0) is 6.83. The summed E-state index contributed by atoms with van der Waals surface area (Å²) in [5.74, 6) is 0. The van der Waals surface area contributed by atoms with Crippen LogP contribution in [0.5, 0.6) is 0 Å². The van der Waals surface area contributed by atoms with Crippen molar-refractivity contribution in [3.63, 3.8) is 0 Å². The van der Waals surface area contributed by atoms with Crippen LogP contribution in [0.3, 0.4) is 0 Å². The zero-order valence-corrected chi connectivity index (χ0v) is 6.52. The van der Waals surface area contributed by atoms with Gasteiger partial charge in [-0.15, -0.1) is 12.4 Å². The van der Waals surface area contributed by atoms with Gasteiger partial charge in [0.1, 0.15) is 0 Å². The number of hydrogen-bond donors (Lipinski definition) is 1. The van der Waals surface area contributed by atoms with Crippen molar-refractivity contribution in [2.75, 3.05) is 6.54 Å². The second-order valence-corrected chi connectivity index (χ2v) is 1.50. The molecule has 4 heteroatoms. The smallest absolute Gasteiger partial charge is 0 e. The van der Waals surface area contributed by atoms with E-state index in [0.717, 1.165) is 6.54 Å². The molecule has 0 fully saturated rings. The van der Waals surface area contributed by atoms with E-state index >= 15 is 0 Å². The average Bonchev–Trinajstić information content (AvgIpc) is 1.88. The van der Waals surface area contributed by atoms with Crippen LogP contribution in [0.15, 0.2) is 0 Å². The lowest BCUT2D eigenvalue weighted by molar-refractivity contribution is 0.727. The van der Waals surface area contributed by atoms with E-state index < -0.39 is 0 Å². The third-order valence-corrected chi connectivity index (χ3v) is 0.808. The lowest BCUT2D eigenvalue weighted by Gasteiger charge is -1.86. The van der Waals surface area contributed by atoms with Crippen molar-refractivity contribution in [2.45, 2.75) is 26.2 Å². The van der Waals surface area contributed by atoms with Crippen LogP contribution in [-0.2, 0) is 0 Å². The molecule has 3 nitrogen and oxygen atoms in total. The fourth-order valence-electron chi connectivity index (χ4n) is 0.394. The highest BCUT2D eigenvalue weighted by atomic mass is 35.5. The molecule has 0 aliphatic carbocycles. The summed E-state index contributed by atoms with van der Waals surface area (Å²) in [4.78, 5) is 0. The summed E-state index contributed by atoms with van der Waals surface area (Å²) >= 11 is 0. The van der Waals surface area contributed by atoms with Gasteiger partial charge < -0.3 is 5.73 Å². The largest absolute Gasteiger partial charge is 0.330 e. The van der Waals surface area contributed by atoms with Gasteiger partial charge in [-0.3, -0.25) is 0 Å². The molecule has 0 saturated heterocycles. The Morgan fingerprint density at radius 2 is 1.67 bits per heavy atom. The maximum Gasteiger partial charge on any atom is 0 e. The molecule has 0 atom stereocenters. The molecule has 0 unspecified atom stereocenters. The maximum absolute atomic E-state index is 6.00. The first kappa shape index (κ1) is 15.9. The van der Waals surface area contributed by atoms with Gasteiger partial charge in [-0.2, -0.15) is 0 Å². The molecule has 56 valence electrons. The van der Waals surface area contributed by atoms with Gasteiger partial charge in [0, 0.05) is 10.8 Å². The average molecular weight is 152 g/mol. The van der Waals surface area contributed by atoms with E-state index in [9.17, 15) is 0 Å². The number of unbranched alkanes of at least 4 members (excludes halogenated alkanes) is 2. The van der Waals surface area contributed by atoms with Crippen molar-refractivity contribution in [3.8, 4) is 0 Å². The predicted molar refractivity (Wildman–Crippen MR) is 39.3 cm³/mol. The number of hydrogen-bond acceptors (Lipinski definition) is 3. The van der Waals surface area contributed by atoms with E-state index in [2.05, 4.69) is 6.92 Å². The Morgan fingerprint density at radius 3 is 1.78 bits per heavy atom. The quantitative estimate of drug-likeness (QED) is 0.492. The fraction of sp³-hybridized carbons (Fsp3) is 1.00. The normalized spacial score (nSPS) is 6.22. The second-order valence-electron chi connectivity index (χ2n) is 1.50. The van der Waals surface area contributed by atoms with Crippen molar-refractivity contribution in [3.05, 3.63) is 0 Å². The van der Waals surface area contributed by atoms with Crippen molar-refractivity contribution in [1.82, 2.24) is 0 Å². The standard InChI is InChI=1S/C5H13N.ClH.N2/c1-2-3-4-5-6;;1-2/h2-6H2,1H3;1H;. The Hall–Kier alpha value is -0.330. The van der Waals surface area contributed by atoms with Gasteiger partial charge in [0.05, 0.1) is 0 Å². The first-order valence-corrected chi connectivity index (χ1v) is 2.82. The minimum atomic E-state index is 0. The van der Waals surface area contributed by atoms with Gasteiger partial charge in [0.15, 0.2) is 0 Å². The number of nitrogens with zero attached hydrogens (tertiary/aromatic N) is 2. The Labute approximate surface area is 62.4 Å². The molecule has 0 heterocycles. The van der Waals surface area contributed by atoms with Crippen LogP contribution in [0.4, 0.5) is 0 Å². The second kappa shape index (κ2) is 25.3. The first-order chi connectivity index (χ1) is 3.91. The monoisotopic (exact) mass is 151 g/mol. The van der Waals surface area contributed by atoms with Crippen molar-refractivity contribution in [2.24, 2.45) is 5.73 Å². The number of rotatable bonds is 3. The lowest BCUT2D eigenvalue weighted by atomic mass is 10.3. The van der Waals surface area contributed by atoms with E-state index in [1.807, 2.05) is 0 Å². The highest BCUT2D eigenvalue weighted by Gasteiger charge is 1.75. The highest BCUT2D eigenvalue weighted by Crippen LogP contribution is 1.88. The van der Waals surface area contributed by atoms with Crippen LogP contribution in [0.1, 0.15) is 26.2 Å². The number of halogens is 1. The van der Waals surface area contributed by atoms with Crippen molar-refractivity contribution in [1.29, 1.82) is 10.8 Å². The van der Waals surface area contributed by atoms with Crippen LogP contribution in [0, 0.1) is 10.8 Å². The van der Waals surface area contributed by atoms with Gasteiger partial charge >= 0.3 is 0 Å². The Bertz CT molecular complexity index is 42.7. The molecule has 0 radical (unpaired) electrons. The van der Waals surface area contributed by atoms with E-state index in [0.29, 0.717) is 0 Å². The van der Waals surface area contributed by atoms with Gasteiger partial charge in [-0.1, -0.05) is 19.8 Å². The van der Waals surface area contributed by atoms with Crippen LogP contribution in [0.25, 0.3) is 0 Å². The van der Waals surface area contributed by atoms with Gasteiger partial charge in [-0.25, -0.2) is 0 Å². The molecule has 2 N–H and O–H groups in total. The minimum absolute atomic E-state index is 0. The molecule has 0 bridgehead atoms. The van der Waals surface area contributed by atoms with Crippen molar-refractivity contribution < 1.29 is 0 Å². The molecular weight excluding hydrogens is 138 g/mol. The molecule has 0 aromatic carbocycles. The maximum atomic E-state index is 6.00. The molecule has 0 aliphatic heterocycles.